The van der Waals surface area contributed by atoms with Gasteiger partial charge in [0.2, 0.25) is 5.91 Å². The van der Waals surface area contributed by atoms with Crippen LogP contribution in [0.4, 0.5) is 5.69 Å². The molecule has 0 spiro atoms. The van der Waals surface area contributed by atoms with Crippen LogP contribution in [-0.2, 0) is 11.2 Å². The first kappa shape index (κ1) is 18.8. The second-order valence-corrected chi connectivity index (χ2v) is 7.32. The molecule has 0 bridgehead atoms. The number of rotatable bonds is 5. The number of anilines is 1. The van der Waals surface area contributed by atoms with Crippen molar-refractivity contribution < 1.29 is 14.4 Å². The van der Waals surface area contributed by atoms with Gasteiger partial charge in [-0.25, -0.2) is 0 Å². The average molecular weight is 383 g/mol. The monoisotopic (exact) mass is 383 g/mol. The number of benzene rings is 3. The van der Waals surface area contributed by atoms with Gasteiger partial charge in [-0.2, -0.15) is 0 Å². The van der Waals surface area contributed by atoms with Gasteiger partial charge in [0.25, 0.3) is 0 Å². The fourth-order valence-corrected chi connectivity index (χ4v) is 3.67. The maximum absolute atomic E-state index is 13.0. The van der Waals surface area contributed by atoms with Gasteiger partial charge in [-0.3, -0.25) is 14.4 Å². The van der Waals surface area contributed by atoms with Gasteiger partial charge in [0.05, 0.1) is 11.3 Å². The molecule has 1 N–H and O–H groups in total. The van der Waals surface area contributed by atoms with Crippen LogP contribution in [0.1, 0.15) is 55.8 Å². The summed E-state index contributed by atoms with van der Waals surface area (Å²) in [6, 6.07) is 20.1. The Morgan fingerprint density at radius 3 is 2.17 bits per heavy atom. The molecule has 0 aliphatic heterocycles. The lowest BCUT2D eigenvalue weighted by molar-refractivity contribution is -0.116. The molecule has 0 unspecified atom stereocenters. The molecule has 1 aliphatic carbocycles. The molecule has 1 aliphatic rings. The molecule has 3 aromatic carbocycles. The average Bonchev–Trinajstić information content (AvgIpc) is 2.73. The lowest BCUT2D eigenvalue weighted by atomic mass is 9.83. The highest BCUT2D eigenvalue weighted by Crippen LogP contribution is 2.32. The Kier molecular flexibility index (Phi) is 5.09. The van der Waals surface area contributed by atoms with Crippen LogP contribution in [0.15, 0.2) is 66.7 Å². The lowest BCUT2D eigenvalue weighted by Crippen LogP contribution is -2.23. The van der Waals surface area contributed by atoms with E-state index in [0.29, 0.717) is 35.2 Å². The molecule has 4 nitrogen and oxygen atoms in total. The topological polar surface area (TPSA) is 63.2 Å². The molecule has 0 saturated carbocycles. The Morgan fingerprint density at radius 2 is 1.45 bits per heavy atom. The maximum Gasteiger partial charge on any atom is 0.224 e. The summed E-state index contributed by atoms with van der Waals surface area (Å²) in [5, 5.41) is 2.84. The molecule has 0 atom stereocenters. The van der Waals surface area contributed by atoms with E-state index >= 15 is 0 Å². The van der Waals surface area contributed by atoms with Crippen molar-refractivity contribution in [1.29, 1.82) is 0 Å². The van der Waals surface area contributed by atoms with E-state index in [4.69, 9.17) is 0 Å². The number of aryl methyl sites for hydroxylation is 2. The summed E-state index contributed by atoms with van der Waals surface area (Å²) in [5.41, 5.74) is 4.21. The molecule has 4 heteroatoms. The second kappa shape index (κ2) is 7.84. The first-order chi connectivity index (χ1) is 14.0. The van der Waals surface area contributed by atoms with Crippen molar-refractivity contribution in [2.45, 2.75) is 26.2 Å². The first-order valence-corrected chi connectivity index (χ1v) is 9.71. The summed E-state index contributed by atoms with van der Waals surface area (Å²) in [7, 11) is 0. The van der Waals surface area contributed by atoms with Crippen LogP contribution in [0, 0.1) is 6.92 Å². The molecule has 29 heavy (non-hydrogen) atoms. The Morgan fingerprint density at radius 1 is 0.793 bits per heavy atom. The number of ketones is 2. The van der Waals surface area contributed by atoms with E-state index in [0.717, 1.165) is 6.42 Å². The van der Waals surface area contributed by atoms with Gasteiger partial charge >= 0.3 is 0 Å². The van der Waals surface area contributed by atoms with Crippen molar-refractivity contribution in [3.05, 3.63) is 100 Å². The molecule has 0 saturated heterocycles. The molecule has 1 amide bonds. The zero-order chi connectivity index (χ0) is 20.4. The van der Waals surface area contributed by atoms with Crippen LogP contribution in [-0.4, -0.2) is 17.5 Å². The van der Waals surface area contributed by atoms with Gasteiger partial charge in [-0.1, -0.05) is 66.2 Å². The van der Waals surface area contributed by atoms with E-state index in [1.165, 1.54) is 11.1 Å². The molecule has 0 aromatic heterocycles. The van der Waals surface area contributed by atoms with Crippen molar-refractivity contribution in [2.24, 2.45) is 0 Å². The number of carbonyl (C=O) groups excluding carboxylic acids is 3. The highest BCUT2D eigenvalue weighted by atomic mass is 16.2. The van der Waals surface area contributed by atoms with E-state index in [1.807, 2.05) is 6.92 Å². The molecular formula is C25H21NO3. The van der Waals surface area contributed by atoms with Gasteiger partial charge in [0.1, 0.15) is 0 Å². The predicted molar refractivity (Wildman–Crippen MR) is 112 cm³/mol. The van der Waals surface area contributed by atoms with Gasteiger partial charge in [-0.05, 0) is 31.4 Å². The molecule has 144 valence electrons. The largest absolute Gasteiger partial charge is 0.325 e. The van der Waals surface area contributed by atoms with Crippen molar-refractivity contribution >= 4 is 23.2 Å². The van der Waals surface area contributed by atoms with E-state index < -0.39 is 0 Å². The van der Waals surface area contributed by atoms with E-state index in [-0.39, 0.29) is 23.0 Å². The molecule has 0 fully saturated rings. The summed E-state index contributed by atoms with van der Waals surface area (Å²) in [6.45, 7) is 2.04. The predicted octanol–water partition coefficient (Wildman–Crippen LogP) is 4.73. The number of nitrogens with one attached hydrogen (secondary N) is 1. The molecular weight excluding hydrogens is 362 g/mol. The van der Waals surface area contributed by atoms with Crippen molar-refractivity contribution in [2.75, 3.05) is 5.32 Å². The normalized spacial score (nSPS) is 12.3. The third-order valence-electron chi connectivity index (χ3n) is 5.22. The quantitative estimate of drug-likeness (QED) is 0.542. The lowest BCUT2D eigenvalue weighted by Gasteiger charge is -2.20. The van der Waals surface area contributed by atoms with Crippen molar-refractivity contribution in [3.63, 3.8) is 0 Å². The van der Waals surface area contributed by atoms with Crippen LogP contribution in [0.25, 0.3) is 0 Å². The summed E-state index contributed by atoms with van der Waals surface area (Å²) in [6.07, 6.45) is 1.86. The third-order valence-corrected chi connectivity index (χ3v) is 5.22. The third kappa shape index (κ3) is 3.74. The highest BCUT2D eigenvalue weighted by Gasteiger charge is 2.31. The first-order valence-electron chi connectivity index (χ1n) is 9.71. The number of fused-ring (bicyclic) bond motifs is 2. The number of carbonyl (C=O) groups is 3. The van der Waals surface area contributed by atoms with Gasteiger partial charge in [-0.15, -0.1) is 0 Å². The fraction of sp³-hybridized carbons (Fsp3) is 0.160. The van der Waals surface area contributed by atoms with Crippen molar-refractivity contribution in [1.82, 2.24) is 0 Å². The maximum atomic E-state index is 13.0. The molecule has 4 rings (SSSR count). The van der Waals surface area contributed by atoms with Crippen LogP contribution in [0.2, 0.25) is 0 Å². The van der Waals surface area contributed by atoms with Crippen molar-refractivity contribution in [3.8, 4) is 0 Å². The Labute approximate surface area is 169 Å². The van der Waals surface area contributed by atoms with E-state index in [2.05, 4.69) is 29.6 Å². The zero-order valence-corrected chi connectivity index (χ0v) is 16.2. The zero-order valence-electron chi connectivity index (χ0n) is 16.2. The second-order valence-electron chi connectivity index (χ2n) is 7.32. The van der Waals surface area contributed by atoms with Crippen LogP contribution in [0.5, 0.6) is 0 Å². The SMILES string of the molecule is Cc1ccc(CCCC(=O)Nc2cccc3c2C(=O)c2ccccc2C3=O)cc1. The van der Waals surface area contributed by atoms with Gasteiger partial charge in [0, 0.05) is 23.1 Å². The fourth-order valence-electron chi connectivity index (χ4n) is 3.67. The van der Waals surface area contributed by atoms with Crippen LogP contribution < -0.4 is 5.32 Å². The van der Waals surface area contributed by atoms with E-state index in [9.17, 15) is 14.4 Å². The summed E-state index contributed by atoms with van der Waals surface area (Å²) < 4.78 is 0. The molecule has 0 radical (unpaired) electrons. The van der Waals surface area contributed by atoms with Gasteiger partial charge in [0.15, 0.2) is 11.6 Å². The minimum absolute atomic E-state index is 0.162. The van der Waals surface area contributed by atoms with E-state index in [1.54, 1.807) is 42.5 Å². The molecule has 0 heterocycles. The Balaban J connectivity index is 1.49. The summed E-state index contributed by atoms with van der Waals surface area (Å²) >= 11 is 0. The summed E-state index contributed by atoms with van der Waals surface area (Å²) in [5.74, 6) is -0.582. The number of amides is 1. The summed E-state index contributed by atoms with van der Waals surface area (Å²) in [4.78, 5) is 38.2. The van der Waals surface area contributed by atoms with Crippen LogP contribution in [0.3, 0.4) is 0 Å². The smallest absolute Gasteiger partial charge is 0.224 e. The standard InChI is InChI=1S/C25H21NO3/c1-16-12-14-17(15-13-16)6-4-11-22(27)26-21-10-5-9-20-23(21)25(29)19-8-3-2-7-18(19)24(20)28/h2-3,5,7-10,12-15H,4,6,11H2,1H3,(H,26,27). The minimum atomic E-state index is -0.231. The minimum Gasteiger partial charge on any atom is -0.325 e. The molecule has 3 aromatic rings. The number of hydrogen-bond acceptors (Lipinski definition) is 3. The number of hydrogen-bond donors (Lipinski definition) is 1. The Hall–Kier alpha value is -3.53. The Bertz CT molecular complexity index is 1110. The van der Waals surface area contributed by atoms with Gasteiger partial charge < -0.3 is 5.32 Å². The van der Waals surface area contributed by atoms with Crippen LogP contribution >= 0.6 is 0 Å². The highest BCUT2D eigenvalue weighted by molar-refractivity contribution is 6.30.